The molecule has 0 atom stereocenters. The van der Waals surface area contributed by atoms with Crippen molar-refractivity contribution in [3.63, 3.8) is 0 Å². The molecule has 21 heavy (non-hydrogen) atoms. The largest absolute Gasteiger partial charge is 0.472 e. The second-order valence-corrected chi connectivity index (χ2v) is 4.56. The van der Waals surface area contributed by atoms with Crippen LogP contribution in [0.5, 0.6) is 5.88 Å². The fraction of sp³-hybridized carbons (Fsp3) is 0.231. The van der Waals surface area contributed by atoms with Gasteiger partial charge in [0.15, 0.2) is 0 Å². The van der Waals surface area contributed by atoms with Crippen LogP contribution in [0.2, 0.25) is 0 Å². The van der Waals surface area contributed by atoms with Gasteiger partial charge in [0.1, 0.15) is 6.61 Å². The average molecular weight is 303 g/mol. The maximum atomic E-state index is 11.8. The van der Waals surface area contributed by atoms with Gasteiger partial charge in [-0.05, 0) is 35.4 Å². The number of amides is 1. The molecule has 0 aliphatic heterocycles. The van der Waals surface area contributed by atoms with E-state index in [2.05, 4.69) is 27.9 Å². The number of carbonyl (C=O) groups excluding carboxylic acids is 1. The Morgan fingerprint density at radius 1 is 1.52 bits per heavy atom. The lowest BCUT2D eigenvalue weighted by Gasteiger charge is -2.12. The summed E-state index contributed by atoms with van der Waals surface area (Å²) in [7, 11) is 0. The van der Waals surface area contributed by atoms with E-state index in [-0.39, 0.29) is 6.61 Å². The quantitative estimate of drug-likeness (QED) is 0.398. The summed E-state index contributed by atoms with van der Waals surface area (Å²) in [5.74, 6) is -0.218. The van der Waals surface area contributed by atoms with Crippen LogP contribution in [-0.4, -0.2) is 15.1 Å². The number of aryl methyl sites for hydroxylation is 1. The van der Waals surface area contributed by atoms with Crippen molar-refractivity contribution < 1.29 is 9.53 Å². The number of rotatable bonds is 5. The van der Waals surface area contributed by atoms with E-state index < -0.39 is 5.91 Å². The molecule has 7 nitrogen and oxygen atoms in total. The maximum Gasteiger partial charge on any atom is 0.249 e. The van der Waals surface area contributed by atoms with Crippen LogP contribution in [0.25, 0.3) is 10.4 Å². The van der Waals surface area contributed by atoms with Crippen molar-refractivity contribution in [2.24, 2.45) is 5.11 Å². The molecule has 0 saturated carbocycles. The number of azide groups is 1. The fourth-order valence-electron chi connectivity index (χ4n) is 1.95. The third kappa shape index (κ3) is 3.56. The van der Waals surface area contributed by atoms with Gasteiger partial charge in [0.25, 0.3) is 0 Å². The van der Waals surface area contributed by atoms with Gasteiger partial charge in [-0.15, -0.1) is 5.10 Å². The predicted molar refractivity (Wildman–Crippen MR) is 80.2 cm³/mol. The molecule has 1 amide bonds. The van der Waals surface area contributed by atoms with Crippen molar-refractivity contribution in [3.05, 3.63) is 57.6 Å². The molecule has 0 aliphatic carbocycles. The average Bonchev–Trinajstić information content (AvgIpc) is 2.90. The molecule has 0 spiro atoms. The summed E-state index contributed by atoms with van der Waals surface area (Å²) < 4.78 is 6.88. The summed E-state index contributed by atoms with van der Waals surface area (Å²) in [6.07, 6.45) is 2.37. The molecule has 0 unspecified atom stereocenters. The summed E-state index contributed by atoms with van der Waals surface area (Å²) >= 11 is 4.02. The van der Waals surface area contributed by atoms with Crippen molar-refractivity contribution in [3.8, 4) is 5.88 Å². The molecular formula is C13H13N5O2S. The van der Waals surface area contributed by atoms with Crippen molar-refractivity contribution in [1.29, 1.82) is 0 Å². The topological polar surface area (TPSA) is 92.9 Å². The molecule has 0 fully saturated rings. The van der Waals surface area contributed by atoms with E-state index >= 15 is 0 Å². The predicted octanol–water partition coefficient (Wildman–Crippen LogP) is 3.17. The second-order valence-electron chi connectivity index (χ2n) is 4.15. The zero-order valence-corrected chi connectivity index (χ0v) is 12.2. The molecule has 8 heteroatoms. The number of hydrogen-bond acceptors (Lipinski definition) is 4. The molecular weight excluding hydrogens is 290 g/mol. The van der Waals surface area contributed by atoms with Gasteiger partial charge < -0.3 is 4.74 Å². The first-order valence-electron chi connectivity index (χ1n) is 6.23. The van der Waals surface area contributed by atoms with Crippen LogP contribution in [-0.2, 0) is 13.0 Å². The molecule has 0 saturated heterocycles. The molecule has 2 rings (SSSR count). The van der Waals surface area contributed by atoms with E-state index in [1.807, 2.05) is 13.0 Å². The summed E-state index contributed by atoms with van der Waals surface area (Å²) in [4.78, 5) is 14.4. The lowest BCUT2D eigenvalue weighted by atomic mass is 9.99. The van der Waals surface area contributed by atoms with Crippen LogP contribution < -0.4 is 4.74 Å². The first-order chi connectivity index (χ1) is 10.2. The van der Waals surface area contributed by atoms with Gasteiger partial charge in [-0.3, -0.25) is 4.79 Å². The van der Waals surface area contributed by atoms with Crippen LogP contribution in [0.3, 0.4) is 0 Å². The Hall–Kier alpha value is -2.44. The van der Waals surface area contributed by atoms with E-state index in [4.69, 9.17) is 10.3 Å². The zero-order chi connectivity index (χ0) is 15.2. The summed E-state index contributed by atoms with van der Waals surface area (Å²) in [5.41, 5.74) is 10.4. The lowest BCUT2D eigenvalue weighted by Crippen LogP contribution is -2.08. The van der Waals surface area contributed by atoms with E-state index in [9.17, 15) is 4.79 Å². The third-order valence-electron chi connectivity index (χ3n) is 2.94. The Morgan fingerprint density at radius 3 is 2.95 bits per heavy atom. The molecule has 0 radical (unpaired) electrons. The lowest BCUT2D eigenvalue weighted by molar-refractivity contribution is 0.0997. The monoisotopic (exact) mass is 303 g/mol. The van der Waals surface area contributed by atoms with Crippen LogP contribution in [0.1, 0.15) is 28.4 Å². The Kier molecular flexibility index (Phi) is 4.86. The minimum Gasteiger partial charge on any atom is -0.472 e. The molecule has 1 aromatic carbocycles. The standard InChI is InChI=1S/C13H13N5O2S/c1-2-9-4-3-5-10(13(19)15-17-14)11(9)8-20-12-6-7-18(21)16-12/h3-7,21H,2,8H2,1H3. The van der Waals surface area contributed by atoms with Crippen LogP contribution in [0, 0.1) is 0 Å². The minimum absolute atomic E-state index is 0.164. The molecule has 108 valence electrons. The van der Waals surface area contributed by atoms with E-state index in [0.29, 0.717) is 17.0 Å². The Balaban J connectivity index is 2.30. The molecule has 0 N–H and O–H groups in total. The van der Waals surface area contributed by atoms with Crippen molar-refractivity contribution in [2.45, 2.75) is 20.0 Å². The fourth-order valence-corrected chi connectivity index (χ4v) is 2.11. The molecule has 1 aromatic heterocycles. The van der Waals surface area contributed by atoms with Crippen LogP contribution in [0.15, 0.2) is 35.6 Å². The van der Waals surface area contributed by atoms with E-state index in [0.717, 1.165) is 12.0 Å². The SMILES string of the molecule is CCc1cccc(C(=O)N=[N+]=[N-])c1COc1ccn(S)n1. The summed E-state index contributed by atoms with van der Waals surface area (Å²) in [5, 5.41) is 7.13. The Bertz CT molecular complexity index is 706. The van der Waals surface area contributed by atoms with Crippen molar-refractivity contribution >= 4 is 18.7 Å². The minimum atomic E-state index is -0.619. The second kappa shape index (κ2) is 6.83. The zero-order valence-electron chi connectivity index (χ0n) is 11.3. The molecule has 1 heterocycles. The summed E-state index contributed by atoms with van der Waals surface area (Å²) in [6, 6.07) is 6.94. The normalized spacial score (nSPS) is 10.0. The smallest absolute Gasteiger partial charge is 0.249 e. The van der Waals surface area contributed by atoms with Crippen molar-refractivity contribution in [1.82, 2.24) is 9.19 Å². The molecule has 0 aliphatic rings. The van der Waals surface area contributed by atoms with Gasteiger partial charge in [-0.25, -0.2) is 4.09 Å². The van der Waals surface area contributed by atoms with Gasteiger partial charge in [-0.1, -0.05) is 25.1 Å². The number of aromatic nitrogens is 2. The van der Waals surface area contributed by atoms with Crippen LogP contribution >= 0.6 is 12.8 Å². The van der Waals surface area contributed by atoms with E-state index in [1.165, 1.54) is 4.09 Å². The van der Waals surface area contributed by atoms with Gasteiger partial charge in [-0.2, -0.15) is 0 Å². The van der Waals surface area contributed by atoms with E-state index in [1.54, 1.807) is 24.4 Å². The highest BCUT2D eigenvalue weighted by Gasteiger charge is 2.14. The van der Waals surface area contributed by atoms with Crippen LogP contribution in [0.4, 0.5) is 0 Å². The molecule has 2 aromatic rings. The van der Waals surface area contributed by atoms with Gasteiger partial charge in [0, 0.05) is 28.3 Å². The number of benzene rings is 1. The first-order valence-corrected chi connectivity index (χ1v) is 6.63. The Morgan fingerprint density at radius 2 is 2.33 bits per heavy atom. The van der Waals surface area contributed by atoms with Gasteiger partial charge >= 0.3 is 0 Å². The van der Waals surface area contributed by atoms with Gasteiger partial charge in [0.2, 0.25) is 11.8 Å². The summed E-state index contributed by atoms with van der Waals surface area (Å²) in [6.45, 7) is 2.14. The highest BCUT2D eigenvalue weighted by molar-refractivity contribution is 7.78. The number of carbonyl (C=O) groups is 1. The number of thiol groups is 1. The van der Waals surface area contributed by atoms with Gasteiger partial charge in [0.05, 0.1) is 0 Å². The highest BCUT2D eigenvalue weighted by atomic mass is 32.1. The number of nitrogens with zero attached hydrogens (tertiary/aromatic N) is 5. The van der Waals surface area contributed by atoms with Crippen molar-refractivity contribution in [2.75, 3.05) is 0 Å². The Labute approximate surface area is 126 Å². The molecule has 0 bridgehead atoms. The number of ether oxygens (including phenoxy) is 1. The maximum absolute atomic E-state index is 11.8. The first kappa shape index (κ1) is 15.0. The number of hydrogen-bond donors (Lipinski definition) is 1. The third-order valence-corrected chi connectivity index (χ3v) is 3.16. The highest BCUT2D eigenvalue weighted by Crippen LogP contribution is 2.19.